The highest BCUT2D eigenvalue weighted by Crippen LogP contribution is 2.17. The zero-order chi connectivity index (χ0) is 8.43. The zero-order valence-corrected chi connectivity index (χ0v) is 6.36. The molecule has 1 saturated heterocycles. The quantitative estimate of drug-likeness (QED) is 0.513. The number of rotatable bonds is 1. The molecule has 2 N–H and O–H groups in total. The van der Waals surface area contributed by atoms with Gasteiger partial charge in [0.1, 0.15) is 12.7 Å². The lowest BCUT2D eigenvalue weighted by molar-refractivity contribution is -0.155. The van der Waals surface area contributed by atoms with E-state index in [0.29, 0.717) is 0 Å². The largest absolute Gasteiger partial charge is 0.394 e. The Kier molecular flexibility index (Phi) is 2.59. The van der Waals surface area contributed by atoms with Gasteiger partial charge in [0.05, 0.1) is 12.7 Å². The lowest BCUT2D eigenvalue weighted by atomic mass is 9.93. The third kappa shape index (κ3) is 1.58. The van der Waals surface area contributed by atoms with Gasteiger partial charge in [0.2, 0.25) is 0 Å². The van der Waals surface area contributed by atoms with Crippen LogP contribution in [0.3, 0.4) is 0 Å². The zero-order valence-electron chi connectivity index (χ0n) is 6.36. The molecule has 0 saturated carbocycles. The Bertz CT molecular complexity index is 157. The molecule has 0 aromatic carbocycles. The second-order valence-electron chi connectivity index (χ2n) is 2.80. The van der Waals surface area contributed by atoms with E-state index in [1.807, 2.05) is 0 Å². The average Bonchev–Trinajstić information content (AvgIpc) is 2.01. The number of ketones is 1. The molecule has 0 radical (unpaired) electrons. The van der Waals surface area contributed by atoms with E-state index >= 15 is 0 Å². The number of aliphatic hydroxyl groups excluding tert-OH is 2. The Morgan fingerprint density at radius 3 is 2.91 bits per heavy atom. The van der Waals surface area contributed by atoms with Crippen LogP contribution in [-0.4, -0.2) is 41.4 Å². The first-order valence-electron chi connectivity index (χ1n) is 3.60. The van der Waals surface area contributed by atoms with Gasteiger partial charge < -0.3 is 14.9 Å². The van der Waals surface area contributed by atoms with Crippen molar-refractivity contribution in [1.29, 1.82) is 0 Å². The minimum absolute atomic E-state index is 0.0866. The van der Waals surface area contributed by atoms with Gasteiger partial charge in [-0.15, -0.1) is 0 Å². The first-order valence-corrected chi connectivity index (χ1v) is 3.60. The van der Waals surface area contributed by atoms with Crippen molar-refractivity contribution in [1.82, 2.24) is 0 Å². The number of carbonyl (C=O) groups is 1. The molecule has 1 heterocycles. The van der Waals surface area contributed by atoms with E-state index < -0.39 is 12.2 Å². The molecule has 1 unspecified atom stereocenters. The number of hydrogen-bond donors (Lipinski definition) is 2. The van der Waals surface area contributed by atoms with Crippen molar-refractivity contribution in [3.63, 3.8) is 0 Å². The third-order valence-corrected chi connectivity index (χ3v) is 2.03. The highest BCUT2D eigenvalue weighted by molar-refractivity contribution is 5.85. The molecule has 4 heteroatoms. The maximum absolute atomic E-state index is 10.8. The van der Waals surface area contributed by atoms with Gasteiger partial charge in [-0.1, -0.05) is 6.92 Å². The van der Waals surface area contributed by atoms with Gasteiger partial charge in [-0.25, -0.2) is 0 Å². The molecule has 1 fully saturated rings. The number of aliphatic hydroxyl groups is 2. The van der Waals surface area contributed by atoms with Crippen LogP contribution in [0, 0.1) is 5.92 Å². The summed E-state index contributed by atoms with van der Waals surface area (Å²) >= 11 is 0. The van der Waals surface area contributed by atoms with Gasteiger partial charge in [-0.2, -0.15) is 0 Å². The number of carbonyl (C=O) groups excluding carboxylic acids is 1. The highest BCUT2D eigenvalue weighted by Gasteiger charge is 2.34. The van der Waals surface area contributed by atoms with Crippen molar-refractivity contribution in [2.45, 2.75) is 19.1 Å². The van der Waals surface area contributed by atoms with Gasteiger partial charge >= 0.3 is 0 Å². The Hall–Kier alpha value is -0.450. The summed E-state index contributed by atoms with van der Waals surface area (Å²) in [5.41, 5.74) is 0. The van der Waals surface area contributed by atoms with E-state index in [1.165, 1.54) is 0 Å². The van der Waals surface area contributed by atoms with Gasteiger partial charge in [0.15, 0.2) is 5.78 Å². The van der Waals surface area contributed by atoms with Crippen molar-refractivity contribution in [3.8, 4) is 0 Å². The van der Waals surface area contributed by atoms with E-state index in [9.17, 15) is 9.90 Å². The van der Waals surface area contributed by atoms with Crippen molar-refractivity contribution in [2.24, 2.45) is 5.92 Å². The lowest BCUT2D eigenvalue weighted by Crippen LogP contribution is -2.46. The Labute approximate surface area is 64.8 Å². The van der Waals surface area contributed by atoms with E-state index in [1.54, 1.807) is 6.92 Å². The first-order chi connectivity index (χ1) is 5.16. The molecule has 11 heavy (non-hydrogen) atoms. The van der Waals surface area contributed by atoms with E-state index in [4.69, 9.17) is 9.84 Å². The average molecular weight is 160 g/mol. The number of ether oxygens (including phenoxy) is 1. The molecule has 1 aliphatic rings. The Balaban J connectivity index is 2.59. The normalized spacial score (nSPS) is 39.2. The van der Waals surface area contributed by atoms with Gasteiger partial charge in [0.25, 0.3) is 0 Å². The summed E-state index contributed by atoms with van der Waals surface area (Å²) in [7, 11) is 0. The molecule has 0 bridgehead atoms. The summed E-state index contributed by atoms with van der Waals surface area (Å²) in [5.74, 6) is -0.608. The van der Waals surface area contributed by atoms with Crippen LogP contribution in [0.5, 0.6) is 0 Å². The monoisotopic (exact) mass is 160 g/mol. The summed E-state index contributed by atoms with van der Waals surface area (Å²) in [5, 5.41) is 17.9. The summed E-state index contributed by atoms with van der Waals surface area (Å²) in [6.45, 7) is 1.45. The Morgan fingerprint density at radius 1 is 1.73 bits per heavy atom. The topological polar surface area (TPSA) is 66.8 Å². The fraction of sp³-hybridized carbons (Fsp3) is 0.857. The van der Waals surface area contributed by atoms with Crippen LogP contribution < -0.4 is 0 Å². The number of Topliss-reactive ketones (excluding diaryl/α,β-unsaturated/α-hetero) is 1. The van der Waals surface area contributed by atoms with E-state index in [2.05, 4.69) is 0 Å². The molecule has 0 aromatic rings. The maximum atomic E-state index is 10.8. The highest BCUT2D eigenvalue weighted by atomic mass is 16.5. The van der Waals surface area contributed by atoms with E-state index in [0.717, 1.165) is 0 Å². The lowest BCUT2D eigenvalue weighted by Gasteiger charge is -2.30. The van der Waals surface area contributed by atoms with Crippen molar-refractivity contribution in [3.05, 3.63) is 0 Å². The fourth-order valence-electron chi connectivity index (χ4n) is 1.14. The second-order valence-corrected chi connectivity index (χ2v) is 2.80. The molecule has 0 spiro atoms. The minimum Gasteiger partial charge on any atom is -0.394 e. The molecule has 4 nitrogen and oxygen atoms in total. The molecule has 64 valence electrons. The van der Waals surface area contributed by atoms with Crippen LogP contribution in [0.25, 0.3) is 0 Å². The van der Waals surface area contributed by atoms with Crippen molar-refractivity contribution in [2.75, 3.05) is 13.2 Å². The summed E-state index contributed by atoms with van der Waals surface area (Å²) in [4.78, 5) is 10.8. The van der Waals surface area contributed by atoms with Crippen molar-refractivity contribution < 1.29 is 19.7 Å². The summed E-state index contributed by atoms with van der Waals surface area (Å²) in [6.07, 6.45) is -1.37. The van der Waals surface area contributed by atoms with Crippen LogP contribution >= 0.6 is 0 Å². The van der Waals surface area contributed by atoms with Crippen LogP contribution in [0.4, 0.5) is 0 Å². The molecular weight excluding hydrogens is 148 g/mol. The minimum atomic E-state index is -0.971. The second kappa shape index (κ2) is 3.30. The Morgan fingerprint density at radius 2 is 2.36 bits per heavy atom. The predicted octanol–water partition coefficient (Wildman–Crippen LogP) is -1.06. The summed E-state index contributed by atoms with van der Waals surface area (Å²) < 4.78 is 4.96. The fourth-order valence-corrected chi connectivity index (χ4v) is 1.14. The maximum Gasteiger partial charge on any atom is 0.187 e. The molecule has 0 aromatic heterocycles. The number of hydrogen-bond acceptors (Lipinski definition) is 4. The van der Waals surface area contributed by atoms with Gasteiger partial charge in [-0.05, 0) is 0 Å². The van der Waals surface area contributed by atoms with E-state index in [-0.39, 0.29) is 24.9 Å². The van der Waals surface area contributed by atoms with Gasteiger partial charge in [0, 0.05) is 5.92 Å². The first kappa shape index (κ1) is 8.64. The predicted molar refractivity (Wildman–Crippen MR) is 37.0 cm³/mol. The third-order valence-electron chi connectivity index (χ3n) is 2.03. The SMILES string of the molecule is CC1[C@H](O)C(=O)CO[C@@H]1CO. The summed E-state index contributed by atoms with van der Waals surface area (Å²) in [6, 6.07) is 0. The molecule has 1 aliphatic heterocycles. The molecule has 1 rings (SSSR count). The molecular formula is C7H12O4. The molecule has 0 amide bonds. The van der Waals surface area contributed by atoms with Crippen LogP contribution in [0.1, 0.15) is 6.92 Å². The van der Waals surface area contributed by atoms with Crippen LogP contribution in [0.2, 0.25) is 0 Å². The smallest absolute Gasteiger partial charge is 0.187 e. The van der Waals surface area contributed by atoms with Crippen LogP contribution in [0.15, 0.2) is 0 Å². The van der Waals surface area contributed by atoms with Crippen LogP contribution in [-0.2, 0) is 9.53 Å². The molecule has 0 aliphatic carbocycles. The molecule has 3 atom stereocenters. The standard InChI is InChI=1S/C7H12O4/c1-4-6(2-8)11-3-5(9)7(4)10/h4,6-8,10H,2-3H2,1H3/t4?,6-,7+/m1/s1. The van der Waals surface area contributed by atoms with Gasteiger partial charge in [-0.3, -0.25) is 4.79 Å². The van der Waals surface area contributed by atoms with Crippen molar-refractivity contribution >= 4 is 5.78 Å².